The third-order valence-corrected chi connectivity index (χ3v) is 4.87. The minimum absolute atomic E-state index is 0.0448. The van der Waals surface area contributed by atoms with Crippen LogP contribution in [0.1, 0.15) is 18.1 Å². The first-order valence-corrected chi connectivity index (χ1v) is 8.44. The summed E-state index contributed by atoms with van der Waals surface area (Å²) in [6, 6.07) is 13.5. The van der Waals surface area contributed by atoms with Crippen molar-refractivity contribution in [2.75, 3.05) is 11.9 Å². The number of rotatable bonds is 3. The highest BCUT2D eigenvalue weighted by Crippen LogP contribution is 2.21. The molecule has 1 aromatic heterocycles. The molecule has 6 nitrogen and oxygen atoms in total. The van der Waals surface area contributed by atoms with E-state index < -0.39 is 0 Å². The largest absolute Gasteiger partial charge is 0.325 e. The van der Waals surface area contributed by atoms with Crippen molar-refractivity contribution < 1.29 is 4.79 Å². The summed E-state index contributed by atoms with van der Waals surface area (Å²) in [5, 5.41) is 2.95. The van der Waals surface area contributed by atoms with Crippen LogP contribution in [0.2, 0.25) is 0 Å². The molecule has 1 aliphatic heterocycles. The molecular formula is C19H20N4O2. The number of nitrogens with one attached hydrogen (secondary N) is 3. The van der Waals surface area contributed by atoms with Crippen molar-refractivity contribution >= 4 is 22.6 Å². The Hall–Kier alpha value is -2.86. The van der Waals surface area contributed by atoms with Crippen LogP contribution in [0.3, 0.4) is 0 Å². The fourth-order valence-electron chi connectivity index (χ4n) is 3.37. The second-order valence-corrected chi connectivity index (χ2v) is 6.49. The number of benzene rings is 2. The minimum Gasteiger partial charge on any atom is -0.325 e. The number of H-pyrrole nitrogens is 2. The summed E-state index contributed by atoms with van der Waals surface area (Å²) < 4.78 is 0. The van der Waals surface area contributed by atoms with Gasteiger partial charge >= 0.3 is 5.69 Å². The van der Waals surface area contributed by atoms with Crippen LogP contribution >= 0.6 is 0 Å². The van der Waals surface area contributed by atoms with Gasteiger partial charge in [-0.15, -0.1) is 0 Å². The van der Waals surface area contributed by atoms with Crippen LogP contribution in [0, 0.1) is 0 Å². The molecule has 0 radical (unpaired) electrons. The molecular weight excluding hydrogens is 316 g/mol. The van der Waals surface area contributed by atoms with Gasteiger partial charge < -0.3 is 15.3 Å². The van der Waals surface area contributed by atoms with Crippen molar-refractivity contribution in [3.05, 3.63) is 64.1 Å². The van der Waals surface area contributed by atoms with E-state index in [1.807, 2.05) is 13.0 Å². The fourth-order valence-corrected chi connectivity index (χ4v) is 3.37. The van der Waals surface area contributed by atoms with Gasteiger partial charge in [0.15, 0.2) is 0 Å². The monoisotopic (exact) mass is 336 g/mol. The molecule has 2 aromatic carbocycles. The zero-order valence-electron chi connectivity index (χ0n) is 14.0. The van der Waals surface area contributed by atoms with E-state index >= 15 is 0 Å². The maximum absolute atomic E-state index is 12.6. The molecule has 4 rings (SSSR count). The zero-order valence-corrected chi connectivity index (χ0v) is 14.0. The van der Waals surface area contributed by atoms with Crippen molar-refractivity contribution in [1.29, 1.82) is 0 Å². The van der Waals surface area contributed by atoms with Gasteiger partial charge in [0.25, 0.3) is 0 Å². The van der Waals surface area contributed by atoms with Crippen LogP contribution in [-0.4, -0.2) is 33.4 Å². The lowest BCUT2D eigenvalue weighted by Gasteiger charge is -2.32. The lowest BCUT2D eigenvalue weighted by molar-refractivity contribution is -0.121. The number of aromatic amines is 2. The van der Waals surface area contributed by atoms with Crippen molar-refractivity contribution in [1.82, 2.24) is 14.9 Å². The summed E-state index contributed by atoms with van der Waals surface area (Å²) in [5.74, 6) is -0.0448. The SMILES string of the molecule is C[C@H](C(=O)Nc1ccc2[nH]c(=O)[nH]c2c1)N1CCc2ccccc2C1. The summed E-state index contributed by atoms with van der Waals surface area (Å²) in [4.78, 5) is 31.5. The molecule has 0 bridgehead atoms. The Morgan fingerprint density at radius 1 is 1.12 bits per heavy atom. The molecule has 128 valence electrons. The highest BCUT2D eigenvalue weighted by molar-refractivity contribution is 5.96. The molecule has 0 aliphatic carbocycles. The molecule has 25 heavy (non-hydrogen) atoms. The number of anilines is 1. The van der Waals surface area contributed by atoms with Crippen LogP contribution in [0.15, 0.2) is 47.3 Å². The summed E-state index contributed by atoms with van der Waals surface area (Å²) in [5.41, 5.74) is 4.50. The maximum Gasteiger partial charge on any atom is 0.323 e. The van der Waals surface area contributed by atoms with Gasteiger partial charge in [0.05, 0.1) is 17.1 Å². The first kappa shape index (κ1) is 15.7. The number of carbonyl (C=O) groups excluding carboxylic acids is 1. The molecule has 1 aliphatic rings. The summed E-state index contributed by atoms with van der Waals surface area (Å²) in [7, 11) is 0. The third kappa shape index (κ3) is 3.08. The number of carbonyl (C=O) groups is 1. The van der Waals surface area contributed by atoms with E-state index in [-0.39, 0.29) is 17.6 Å². The van der Waals surface area contributed by atoms with Crippen molar-refractivity contribution in [3.63, 3.8) is 0 Å². The Labute approximate surface area is 144 Å². The topological polar surface area (TPSA) is 81.0 Å². The van der Waals surface area contributed by atoms with Gasteiger partial charge in [-0.3, -0.25) is 9.69 Å². The molecule has 0 unspecified atom stereocenters. The lowest BCUT2D eigenvalue weighted by atomic mass is 9.99. The first-order valence-electron chi connectivity index (χ1n) is 8.44. The third-order valence-electron chi connectivity index (χ3n) is 4.87. The Morgan fingerprint density at radius 3 is 2.72 bits per heavy atom. The van der Waals surface area contributed by atoms with Gasteiger partial charge in [0.2, 0.25) is 5.91 Å². The molecule has 0 saturated carbocycles. The number of hydrogen-bond acceptors (Lipinski definition) is 3. The quantitative estimate of drug-likeness (QED) is 0.686. The molecule has 1 atom stereocenters. The Bertz CT molecular complexity index is 988. The van der Waals surface area contributed by atoms with E-state index in [0.29, 0.717) is 11.2 Å². The number of nitrogens with zero attached hydrogens (tertiary/aromatic N) is 1. The van der Waals surface area contributed by atoms with Crippen molar-refractivity contribution in [2.45, 2.75) is 25.9 Å². The number of aromatic nitrogens is 2. The van der Waals surface area contributed by atoms with Gasteiger partial charge in [-0.05, 0) is 42.7 Å². The van der Waals surface area contributed by atoms with Crippen LogP contribution in [-0.2, 0) is 17.8 Å². The smallest absolute Gasteiger partial charge is 0.323 e. The van der Waals surface area contributed by atoms with E-state index in [1.54, 1.807) is 18.2 Å². The lowest BCUT2D eigenvalue weighted by Crippen LogP contribution is -2.44. The predicted octanol–water partition coefficient (Wildman–Crippen LogP) is 2.24. The molecule has 3 N–H and O–H groups in total. The van der Waals surface area contributed by atoms with Gasteiger partial charge in [-0.2, -0.15) is 0 Å². The highest BCUT2D eigenvalue weighted by Gasteiger charge is 2.25. The van der Waals surface area contributed by atoms with E-state index in [1.165, 1.54) is 11.1 Å². The zero-order chi connectivity index (χ0) is 17.4. The van der Waals surface area contributed by atoms with E-state index in [0.717, 1.165) is 25.0 Å². The Kier molecular flexibility index (Phi) is 3.89. The molecule has 2 heterocycles. The molecule has 1 amide bonds. The van der Waals surface area contributed by atoms with Gasteiger partial charge in [0, 0.05) is 18.8 Å². The van der Waals surface area contributed by atoms with E-state index in [9.17, 15) is 9.59 Å². The molecule has 3 aromatic rings. The van der Waals surface area contributed by atoms with Crippen LogP contribution in [0.25, 0.3) is 11.0 Å². The van der Waals surface area contributed by atoms with E-state index in [2.05, 4.69) is 38.4 Å². The minimum atomic E-state index is -0.251. The first-order chi connectivity index (χ1) is 12.1. The van der Waals surface area contributed by atoms with Crippen LogP contribution in [0.4, 0.5) is 5.69 Å². The Morgan fingerprint density at radius 2 is 1.88 bits per heavy atom. The number of imidazole rings is 1. The molecule has 0 spiro atoms. The van der Waals surface area contributed by atoms with Gasteiger partial charge in [0.1, 0.15) is 0 Å². The molecule has 0 saturated heterocycles. The predicted molar refractivity (Wildman–Crippen MR) is 97.6 cm³/mol. The van der Waals surface area contributed by atoms with Crippen LogP contribution < -0.4 is 11.0 Å². The second-order valence-electron chi connectivity index (χ2n) is 6.49. The summed E-state index contributed by atoms with van der Waals surface area (Å²) in [6.07, 6.45) is 0.963. The second kappa shape index (κ2) is 6.22. The molecule has 0 fully saturated rings. The number of amides is 1. The van der Waals surface area contributed by atoms with Crippen LogP contribution in [0.5, 0.6) is 0 Å². The van der Waals surface area contributed by atoms with E-state index in [4.69, 9.17) is 0 Å². The fraction of sp³-hybridized carbons (Fsp3) is 0.263. The standard InChI is InChI=1S/C19H20N4O2/c1-12(23-9-8-13-4-2-3-5-14(13)11-23)18(24)20-15-6-7-16-17(10-15)22-19(25)21-16/h2-7,10,12H,8-9,11H2,1H3,(H,20,24)(H2,21,22,25)/t12-/m1/s1. The number of hydrogen-bond donors (Lipinski definition) is 3. The Balaban J connectivity index is 1.47. The normalized spacial score (nSPS) is 15.7. The van der Waals surface area contributed by atoms with Gasteiger partial charge in [-0.25, -0.2) is 4.79 Å². The average Bonchev–Trinajstić information content (AvgIpc) is 3.00. The summed E-state index contributed by atoms with van der Waals surface area (Å²) >= 11 is 0. The summed E-state index contributed by atoms with van der Waals surface area (Å²) in [6.45, 7) is 3.59. The molecule has 6 heteroatoms. The average molecular weight is 336 g/mol. The van der Waals surface area contributed by atoms with Crippen molar-refractivity contribution in [3.8, 4) is 0 Å². The van der Waals surface area contributed by atoms with Gasteiger partial charge in [-0.1, -0.05) is 24.3 Å². The highest BCUT2D eigenvalue weighted by atomic mass is 16.2. The number of fused-ring (bicyclic) bond motifs is 2. The van der Waals surface area contributed by atoms with Crippen molar-refractivity contribution in [2.24, 2.45) is 0 Å². The maximum atomic E-state index is 12.6.